The Bertz CT molecular complexity index is 1620. The Morgan fingerprint density at radius 3 is 2.61 bits per heavy atom. The largest absolute Gasteiger partial charge is 0.275 e. The molecule has 2 aromatic carbocycles. The van der Waals surface area contributed by atoms with Gasteiger partial charge in [0.25, 0.3) is 11.1 Å². The van der Waals surface area contributed by atoms with Gasteiger partial charge in [-0.15, -0.1) is 0 Å². The summed E-state index contributed by atoms with van der Waals surface area (Å²) in [6.07, 6.45) is 0. The zero-order valence-corrected chi connectivity index (χ0v) is 20.0. The van der Waals surface area contributed by atoms with E-state index in [0.29, 0.717) is 32.5 Å². The molecule has 0 N–H and O–H groups in total. The van der Waals surface area contributed by atoms with E-state index in [-0.39, 0.29) is 17.0 Å². The molecule has 166 valence electrons. The predicted molar refractivity (Wildman–Crippen MR) is 133 cm³/mol. The quantitative estimate of drug-likeness (QED) is 0.273. The van der Waals surface area contributed by atoms with E-state index in [4.69, 9.17) is 4.98 Å². The number of aromatic nitrogens is 5. The molecule has 3 heterocycles. The van der Waals surface area contributed by atoms with Crippen molar-refractivity contribution in [2.24, 2.45) is 0 Å². The van der Waals surface area contributed by atoms with Gasteiger partial charge in [0, 0.05) is 11.8 Å². The van der Waals surface area contributed by atoms with Gasteiger partial charge in [0.1, 0.15) is 5.01 Å². The number of para-hydroxylation sites is 2. The highest BCUT2D eigenvalue weighted by atomic mass is 32.2. The van der Waals surface area contributed by atoms with E-state index >= 15 is 0 Å². The predicted octanol–water partition coefficient (Wildman–Crippen LogP) is 4.57. The lowest BCUT2D eigenvalue weighted by Gasteiger charge is -2.18. The number of hydrogen-bond acceptors (Lipinski definition) is 7. The van der Waals surface area contributed by atoms with Crippen LogP contribution in [0, 0.1) is 6.92 Å². The van der Waals surface area contributed by atoms with Gasteiger partial charge in [0.15, 0.2) is 5.16 Å². The smallest absolute Gasteiger partial charge is 0.268 e. The summed E-state index contributed by atoms with van der Waals surface area (Å²) in [5.74, 6) is 0.633. The van der Waals surface area contributed by atoms with Crippen LogP contribution in [0.4, 0.5) is 0 Å². The molecular weight excluding hydrogens is 454 g/mol. The molecule has 7 nitrogen and oxygen atoms in total. The number of rotatable bonds is 5. The SMILES string of the molecule is Cc1nn2c(=O)cc(CSc3nc4ccccc4c(=O)n3-c3ccccc3C(C)C)nc2s1. The minimum atomic E-state index is -0.214. The van der Waals surface area contributed by atoms with Crippen LogP contribution in [-0.2, 0) is 5.75 Å². The first-order valence-corrected chi connectivity index (χ1v) is 12.3. The van der Waals surface area contributed by atoms with Crippen LogP contribution in [0.15, 0.2) is 69.3 Å². The summed E-state index contributed by atoms with van der Waals surface area (Å²) >= 11 is 2.77. The topological polar surface area (TPSA) is 82.2 Å². The average molecular weight is 476 g/mol. The van der Waals surface area contributed by atoms with Gasteiger partial charge in [-0.25, -0.2) is 9.97 Å². The molecule has 0 bridgehead atoms. The van der Waals surface area contributed by atoms with Gasteiger partial charge >= 0.3 is 0 Å². The first kappa shape index (κ1) is 21.5. The molecule has 0 aliphatic carbocycles. The van der Waals surface area contributed by atoms with Crippen molar-refractivity contribution in [1.82, 2.24) is 24.1 Å². The average Bonchev–Trinajstić information content (AvgIpc) is 3.18. The Labute approximate surface area is 197 Å². The summed E-state index contributed by atoms with van der Waals surface area (Å²) in [5, 5.41) is 6.10. The van der Waals surface area contributed by atoms with Gasteiger partial charge in [-0.05, 0) is 36.6 Å². The van der Waals surface area contributed by atoms with Crippen LogP contribution < -0.4 is 11.1 Å². The van der Waals surface area contributed by atoms with Crippen LogP contribution in [0.1, 0.15) is 36.0 Å². The van der Waals surface area contributed by atoms with Crippen molar-refractivity contribution in [1.29, 1.82) is 0 Å². The third kappa shape index (κ3) is 3.98. The molecule has 0 atom stereocenters. The van der Waals surface area contributed by atoms with Crippen molar-refractivity contribution in [3.8, 4) is 5.69 Å². The highest BCUT2D eigenvalue weighted by molar-refractivity contribution is 7.98. The van der Waals surface area contributed by atoms with Crippen molar-refractivity contribution >= 4 is 39.0 Å². The molecule has 5 rings (SSSR count). The van der Waals surface area contributed by atoms with Crippen molar-refractivity contribution in [3.05, 3.63) is 91.6 Å². The Hall–Kier alpha value is -3.30. The number of thioether (sulfide) groups is 1. The number of aryl methyl sites for hydroxylation is 1. The third-order valence-corrected chi connectivity index (χ3v) is 7.09. The second-order valence-corrected chi connectivity index (χ2v) is 10.1. The fourth-order valence-electron chi connectivity index (χ4n) is 3.77. The fraction of sp³-hybridized carbons (Fsp3) is 0.208. The van der Waals surface area contributed by atoms with Gasteiger partial charge in [-0.1, -0.05) is 67.3 Å². The zero-order chi connectivity index (χ0) is 23.1. The van der Waals surface area contributed by atoms with E-state index in [2.05, 4.69) is 23.9 Å². The zero-order valence-electron chi connectivity index (χ0n) is 18.3. The van der Waals surface area contributed by atoms with Crippen LogP contribution in [0.3, 0.4) is 0 Å². The lowest BCUT2D eigenvalue weighted by atomic mass is 10.0. The minimum absolute atomic E-state index is 0.113. The molecule has 3 aromatic heterocycles. The summed E-state index contributed by atoms with van der Waals surface area (Å²) < 4.78 is 3.00. The molecule has 0 saturated heterocycles. The van der Waals surface area contributed by atoms with Crippen molar-refractivity contribution in [2.45, 2.75) is 37.6 Å². The van der Waals surface area contributed by atoms with Gasteiger partial charge in [0.05, 0.1) is 22.3 Å². The Morgan fingerprint density at radius 2 is 1.79 bits per heavy atom. The fourth-order valence-corrected chi connectivity index (χ4v) is 5.43. The number of hydrogen-bond donors (Lipinski definition) is 0. The van der Waals surface area contributed by atoms with Gasteiger partial charge in [-0.2, -0.15) is 9.61 Å². The molecule has 0 amide bonds. The maximum atomic E-state index is 13.6. The van der Waals surface area contributed by atoms with Crippen LogP contribution >= 0.6 is 23.1 Å². The Morgan fingerprint density at radius 1 is 1.03 bits per heavy atom. The van der Waals surface area contributed by atoms with E-state index in [0.717, 1.165) is 16.3 Å². The normalized spacial score (nSPS) is 11.6. The highest BCUT2D eigenvalue weighted by Crippen LogP contribution is 2.28. The Kier molecular flexibility index (Phi) is 5.59. The molecule has 9 heteroatoms. The summed E-state index contributed by atoms with van der Waals surface area (Å²) in [6.45, 7) is 6.06. The second kappa shape index (κ2) is 8.57. The molecule has 0 spiro atoms. The summed E-state index contributed by atoms with van der Waals surface area (Å²) in [6, 6.07) is 16.8. The number of fused-ring (bicyclic) bond motifs is 2. The van der Waals surface area contributed by atoms with E-state index in [1.165, 1.54) is 33.7 Å². The Balaban J connectivity index is 1.64. The van der Waals surface area contributed by atoms with Gasteiger partial charge < -0.3 is 0 Å². The maximum Gasteiger partial charge on any atom is 0.275 e. The standard InChI is InChI=1S/C24H21N5O2S2/c1-14(2)17-8-5-7-11-20(17)28-22(31)18-9-4-6-10-19(18)26-23(28)32-13-16-12-21(30)29-24(25-16)33-15(3)27-29/h4-12,14H,13H2,1-3H3. The summed E-state index contributed by atoms with van der Waals surface area (Å²) in [4.78, 5) is 36.0. The molecule has 0 aliphatic rings. The molecular formula is C24H21N5O2S2. The molecule has 0 fully saturated rings. The molecule has 0 unspecified atom stereocenters. The van der Waals surface area contributed by atoms with E-state index in [1.54, 1.807) is 10.6 Å². The molecule has 5 aromatic rings. The summed E-state index contributed by atoms with van der Waals surface area (Å²) in [5.41, 5.74) is 2.83. The van der Waals surface area contributed by atoms with Gasteiger partial charge in [-0.3, -0.25) is 14.2 Å². The number of benzene rings is 2. The van der Waals surface area contributed by atoms with Gasteiger partial charge in [0.2, 0.25) is 4.96 Å². The maximum absolute atomic E-state index is 13.6. The van der Waals surface area contributed by atoms with Crippen molar-refractivity contribution in [2.75, 3.05) is 0 Å². The monoisotopic (exact) mass is 475 g/mol. The van der Waals surface area contributed by atoms with Crippen LogP contribution in [-0.4, -0.2) is 24.1 Å². The highest BCUT2D eigenvalue weighted by Gasteiger charge is 2.17. The van der Waals surface area contributed by atoms with Crippen molar-refractivity contribution < 1.29 is 0 Å². The lowest BCUT2D eigenvalue weighted by Crippen LogP contribution is -2.23. The van der Waals surface area contributed by atoms with E-state index in [9.17, 15) is 9.59 Å². The van der Waals surface area contributed by atoms with Crippen LogP contribution in [0.25, 0.3) is 21.6 Å². The third-order valence-electron chi connectivity index (χ3n) is 5.29. The number of nitrogens with zero attached hydrogens (tertiary/aromatic N) is 5. The van der Waals surface area contributed by atoms with E-state index < -0.39 is 0 Å². The first-order valence-electron chi connectivity index (χ1n) is 10.5. The molecule has 0 radical (unpaired) electrons. The minimum Gasteiger partial charge on any atom is -0.268 e. The van der Waals surface area contributed by atoms with Crippen LogP contribution in [0.2, 0.25) is 0 Å². The molecule has 33 heavy (non-hydrogen) atoms. The first-order chi connectivity index (χ1) is 15.9. The lowest BCUT2D eigenvalue weighted by molar-refractivity contribution is 0.780. The summed E-state index contributed by atoms with van der Waals surface area (Å²) in [7, 11) is 0. The molecule has 0 aliphatic heterocycles. The second-order valence-electron chi connectivity index (χ2n) is 7.96. The molecule has 0 saturated carbocycles. The van der Waals surface area contributed by atoms with E-state index in [1.807, 2.05) is 49.4 Å². The van der Waals surface area contributed by atoms with Crippen molar-refractivity contribution in [3.63, 3.8) is 0 Å². The van der Waals surface area contributed by atoms with Crippen LogP contribution in [0.5, 0.6) is 0 Å².